The highest BCUT2D eigenvalue weighted by atomic mass is 16.3. The summed E-state index contributed by atoms with van der Waals surface area (Å²) >= 11 is 0. The molecule has 1 nitrogen and oxygen atoms in total. The molecule has 12 heavy (non-hydrogen) atoms. The summed E-state index contributed by atoms with van der Waals surface area (Å²) < 4.78 is 0. The van der Waals surface area contributed by atoms with E-state index in [9.17, 15) is 0 Å². The molecule has 0 saturated carbocycles. The molecule has 1 heteroatoms. The summed E-state index contributed by atoms with van der Waals surface area (Å²) in [6.45, 7) is 6.33. The second-order valence-corrected chi connectivity index (χ2v) is 3.96. The lowest BCUT2D eigenvalue weighted by atomic mass is 9.85. The molecule has 0 unspecified atom stereocenters. The Morgan fingerprint density at radius 1 is 1.58 bits per heavy atom. The van der Waals surface area contributed by atoms with Crippen molar-refractivity contribution in [3.05, 3.63) is 11.6 Å². The van der Waals surface area contributed by atoms with Crippen molar-refractivity contribution in [3.8, 4) is 12.3 Å². The van der Waals surface area contributed by atoms with Crippen LogP contribution in [0, 0.1) is 17.8 Å². The van der Waals surface area contributed by atoms with Gasteiger partial charge in [-0.05, 0) is 18.8 Å². The van der Waals surface area contributed by atoms with Gasteiger partial charge in [-0.3, -0.25) is 0 Å². The Morgan fingerprint density at radius 2 is 2.17 bits per heavy atom. The molecule has 0 rings (SSSR count). The predicted octanol–water partition coefficient (Wildman–Crippen LogP) is 2.36. The molecule has 0 radical (unpaired) electrons. The number of aliphatic hydroxyl groups excluding tert-OH is 1. The van der Waals surface area contributed by atoms with Crippen molar-refractivity contribution in [1.82, 2.24) is 0 Å². The average Bonchev–Trinajstić information content (AvgIpc) is 2.00. The molecule has 0 atom stereocenters. The Morgan fingerprint density at radius 3 is 2.58 bits per heavy atom. The summed E-state index contributed by atoms with van der Waals surface area (Å²) in [6.07, 6.45) is 9.00. The predicted molar refractivity (Wildman–Crippen MR) is 52.7 cm³/mol. The van der Waals surface area contributed by atoms with E-state index in [2.05, 4.69) is 25.8 Å². The van der Waals surface area contributed by atoms with E-state index in [-0.39, 0.29) is 12.0 Å². The number of rotatable bonds is 4. The van der Waals surface area contributed by atoms with Gasteiger partial charge < -0.3 is 5.11 Å². The zero-order valence-corrected chi connectivity index (χ0v) is 8.22. The standard InChI is InChI=1S/C11H18O/c1-5-7-11(3,4)8-6-10(2)9-12/h1,6,12H,7-9H2,2-4H3/b10-6+. The molecule has 0 aromatic carbocycles. The molecule has 0 bridgehead atoms. The third kappa shape index (κ3) is 4.98. The fourth-order valence-corrected chi connectivity index (χ4v) is 0.864. The smallest absolute Gasteiger partial charge is 0.0639 e. The highest BCUT2D eigenvalue weighted by Gasteiger charge is 2.14. The Hall–Kier alpha value is -0.740. The number of allylic oxidation sites excluding steroid dienone is 1. The maximum absolute atomic E-state index is 8.75. The highest BCUT2D eigenvalue weighted by molar-refractivity contribution is 5.02. The van der Waals surface area contributed by atoms with Gasteiger partial charge in [-0.15, -0.1) is 12.3 Å². The molecule has 0 saturated heterocycles. The van der Waals surface area contributed by atoms with E-state index in [1.807, 2.05) is 6.92 Å². The van der Waals surface area contributed by atoms with Crippen LogP contribution in [0.1, 0.15) is 33.6 Å². The molecule has 0 aromatic heterocycles. The van der Waals surface area contributed by atoms with Gasteiger partial charge in [0.1, 0.15) is 0 Å². The van der Waals surface area contributed by atoms with Gasteiger partial charge in [-0.2, -0.15) is 0 Å². The monoisotopic (exact) mass is 166 g/mol. The largest absolute Gasteiger partial charge is 0.392 e. The molecular formula is C11H18O. The Kier molecular flexibility index (Phi) is 4.70. The summed E-state index contributed by atoms with van der Waals surface area (Å²) in [5, 5.41) is 8.75. The van der Waals surface area contributed by atoms with Crippen LogP contribution in [0.4, 0.5) is 0 Å². The Balaban J connectivity index is 4.00. The van der Waals surface area contributed by atoms with Crippen LogP contribution in [0.2, 0.25) is 0 Å². The van der Waals surface area contributed by atoms with Crippen molar-refractivity contribution in [1.29, 1.82) is 0 Å². The van der Waals surface area contributed by atoms with Crippen LogP contribution >= 0.6 is 0 Å². The zero-order valence-electron chi connectivity index (χ0n) is 8.22. The highest BCUT2D eigenvalue weighted by Crippen LogP contribution is 2.25. The van der Waals surface area contributed by atoms with Crippen molar-refractivity contribution in [2.24, 2.45) is 5.41 Å². The minimum absolute atomic E-state index is 0.145. The van der Waals surface area contributed by atoms with E-state index < -0.39 is 0 Å². The average molecular weight is 166 g/mol. The van der Waals surface area contributed by atoms with Gasteiger partial charge in [-0.25, -0.2) is 0 Å². The van der Waals surface area contributed by atoms with Crippen LogP contribution in [0.3, 0.4) is 0 Å². The lowest BCUT2D eigenvalue weighted by molar-refractivity contribution is 0.328. The van der Waals surface area contributed by atoms with E-state index in [0.717, 1.165) is 18.4 Å². The maximum atomic E-state index is 8.75. The number of terminal acetylenes is 1. The molecule has 0 aliphatic heterocycles. The summed E-state index contributed by atoms with van der Waals surface area (Å²) in [5.41, 5.74) is 1.17. The van der Waals surface area contributed by atoms with Gasteiger partial charge in [0, 0.05) is 6.42 Å². The molecule has 0 heterocycles. The van der Waals surface area contributed by atoms with Crippen LogP contribution in [0.5, 0.6) is 0 Å². The van der Waals surface area contributed by atoms with Crippen molar-refractivity contribution in [2.45, 2.75) is 33.6 Å². The van der Waals surface area contributed by atoms with Gasteiger partial charge in [0.15, 0.2) is 0 Å². The first-order valence-corrected chi connectivity index (χ1v) is 4.22. The minimum atomic E-state index is 0.145. The van der Waals surface area contributed by atoms with Crippen LogP contribution in [-0.2, 0) is 0 Å². The second-order valence-electron chi connectivity index (χ2n) is 3.96. The quantitative estimate of drug-likeness (QED) is 0.502. The molecule has 0 aromatic rings. The third-order valence-electron chi connectivity index (χ3n) is 1.83. The van der Waals surface area contributed by atoms with E-state index in [1.165, 1.54) is 0 Å². The van der Waals surface area contributed by atoms with Gasteiger partial charge in [-0.1, -0.05) is 25.5 Å². The Bertz CT molecular complexity index is 194. The molecule has 68 valence electrons. The number of hydrogen-bond donors (Lipinski definition) is 1. The van der Waals surface area contributed by atoms with Crippen molar-refractivity contribution >= 4 is 0 Å². The summed E-state index contributed by atoms with van der Waals surface area (Å²) in [5.74, 6) is 2.66. The van der Waals surface area contributed by atoms with E-state index in [4.69, 9.17) is 11.5 Å². The first-order chi connectivity index (χ1) is 5.52. The molecule has 0 fully saturated rings. The van der Waals surface area contributed by atoms with Crippen LogP contribution in [0.25, 0.3) is 0 Å². The summed E-state index contributed by atoms with van der Waals surface area (Å²) in [4.78, 5) is 0. The topological polar surface area (TPSA) is 20.2 Å². The number of hydrogen-bond acceptors (Lipinski definition) is 1. The van der Waals surface area contributed by atoms with E-state index in [0.29, 0.717) is 0 Å². The van der Waals surface area contributed by atoms with Crippen molar-refractivity contribution in [3.63, 3.8) is 0 Å². The lowest BCUT2D eigenvalue weighted by Crippen LogP contribution is -2.08. The Labute approximate surface area is 75.5 Å². The molecule has 0 spiro atoms. The maximum Gasteiger partial charge on any atom is 0.0639 e. The third-order valence-corrected chi connectivity index (χ3v) is 1.83. The fourth-order valence-electron chi connectivity index (χ4n) is 0.864. The van der Waals surface area contributed by atoms with Gasteiger partial charge >= 0.3 is 0 Å². The van der Waals surface area contributed by atoms with E-state index in [1.54, 1.807) is 0 Å². The van der Waals surface area contributed by atoms with Gasteiger partial charge in [0.25, 0.3) is 0 Å². The first kappa shape index (κ1) is 11.3. The van der Waals surface area contributed by atoms with E-state index >= 15 is 0 Å². The fraction of sp³-hybridized carbons (Fsp3) is 0.636. The van der Waals surface area contributed by atoms with Gasteiger partial charge in [0.05, 0.1) is 6.61 Å². The zero-order chi connectivity index (χ0) is 9.61. The van der Waals surface area contributed by atoms with Crippen LogP contribution in [0.15, 0.2) is 11.6 Å². The van der Waals surface area contributed by atoms with Crippen molar-refractivity contribution in [2.75, 3.05) is 6.61 Å². The summed E-state index contributed by atoms with van der Waals surface area (Å²) in [7, 11) is 0. The molecule has 0 aliphatic rings. The van der Waals surface area contributed by atoms with Gasteiger partial charge in [0.2, 0.25) is 0 Å². The SMILES string of the molecule is C#CCC(C)(C)C/C=C(\C)CO. The normalized spacial score (nSPS) is 12.8. The van der Waals surface area contributed by atoms with Crippen LogP contribution < -0.4 is 0 Å². The van der Waals surface area contributed by atoms with Crippen molar-refractivity contribution < 1.29 is 5.11 Å². The second kappa shape index (κ2) is 5.00. The molecule has 0 aliphatic carbocycles. The summed E-state index contributed by atoms with van der Waals surface area (Å²) in [6, 6.07) is 0. The molecule has 1 N–H and O–H groups in total. The first-order valence-electron chi connectivity index (χ1n) is 4.22. The van der Waals surface area contributed by atoms with Crippen LogP contribution in [-0.4, -0.2) is 11.7 Å². The molecular weight excluding hydrogens is 148 g/mol. The minimum Gasteiger partial charge on any atom is -0.392 e. The molecule has 0 amide bonds. The lowest BCUT2D eigenvalue weighted by Gasteiger charge is -2.19. The number of aliphatic hydroxyl groups is 1.